The van der Waals surface area contributed by atoms with Crippen LogP contribution in [-0.2, 0) is 24.8 Å². The number of benzene rings is 3. The van der Waals surface area contributed by atoms with E-state index >= 15 is 0 Å². The van der Waals surface area contributed by atoms with Gasteiger partial charge in [0.1, 0.15) is 12.4 Å². The van der Waals surface area contributed by atoms with E-state index in [-0.39, 0.29) is 21.2 Å². The zero-order chi connectivity index (χ0) is 26.6. The highest BCUT2D eigenvalue weighted by molar-refractivity contribution is 7.92. The number of rotatable bonds is 8. The van der Waals surface area contributed by atoms with Gasteiger partial charge in [0, 0.05) is 18.8 Å². The van der Waals surface area contributed by atoms with Crippen molar-refractivity contribution in [1.29, 1.82) is 0 Å². The number of piperidine rings is 1. The van der Waals surface area contributed by atoms with E-state index in [9.17, 15) is 26.0 Å². The Balaban J connectivity index is 1.55. The Labute approximate surface area is 216 Å². The van der Waals surface area contributed by atoms with E-state index in [0.29, 0.717) is 13.1 Å². The highest BCUT2D eigenvalue weighted by Crippen LogP contribution is 2.27. The molecule has 1 aliphatic rings. The van der Waals surface area contributed by atoms with Gasteiger partial charge in [-0.1, -0.05) is 36.2 Å². The number of nitrogens with one attached hydrogen (secondary N) is 1. The van der Waals surface area contributed by atoms with Crippen molar-refractivity contribution in [2.24, 2.45) is 0 Å². The first-order valence-electron chi connectivity index (χ1n) is 11.8. The Morgan fingerprint density at radius 2 is 1.46 bits per heavy atom. The van der Waals surface area contributed by atoms with E-state index in [2.05, 4.69) is 5.32 Å². The number of hydrogen-bond donors (Lipinski definition) is 1. The Morgan fingerprint density at radius 1 is 0.865 bits per heavy atom. The molecule has 1 N–H and O–H groups in total. The summed E-state index contributed by atoms with van der Waals surface area (Å²) in [6.45, 7) is 2.07. The molecule has 0 bridgehead atoms. The van der Waals surface area contributed by atoms with Crippen molar-refractivity contribution < 1.29 is 26.0 Å². The highest BCUT2D eigenvalue weighted by atomic mass is 32.2. The summed E-state index contributed by atoms with van der Waals surface area (Å²) in [5.41, 5.74) is 0.866. The van der Waals surface area contributed by atoms with Crippen LogP contribution in [0.15, 0.2) is 82.6 Å². The maximum absolute atomic E-state index is 14.6. The monoisotopic (exact) mass is 545 g/mol. The van der Waals surface area contributed by atoms with E-state index in [1.165, 1.54) is 58.9 Å². The predicted octanol–water partition coefficient (Wildman–Crippen LogP) is 4.14. The summed E-state index contributed by atoms with van der Waals surface area (Å²) in [7, 11) is -7.90. The number of halogens is 1. The fraction of sp³-hybridized carbons (Fsp3) is 0.269. The predicted molar refractivity (Wildman–Crippen MR) is 140 cm³/mol. The van der Waals surface area contributed by atoms with Gasteiger partial charge in [-0.05, 0) is 68.3 Å². The summed E-state index contributed by atoms with van der Waals surface area (Å²) >= 11 is 0. The van der Waals surface area contributed by atoms with Gasteiger partial charge in [0.25, 0.3) is 10.0 Å². The van der Waals surface area contributed by atoms with E-state index in [0.717, 1.165) is 35.2 Å². The Hall–Kier alpha value is -3.28. The third-order valence-electron chi connectivity index (χ3n) is 6.11. The lowest BCUT2D eigenvalue weighted by atomic mass is 10.2. The zero-order valence-electron chi connectivity index (χ0n) is 20.3. The molecular weight excluding hydrogens is 517 g/mol. The Morgan fingerprint density at radius 3 is 2.08 bits per heavy atom. The Bertz CT molecular complexity index is 1470. The van der Waals surface area contributed by atoms with Crippen LogP contribution in [0.5, 0.6) is 0 Å². The number of para-hydroxylation sites is 1. The summed E-state index contributed by atoms with van der Waals surface area (Å²) in [6.07, 6.45) is 2.63. The van der Waals surface area contributed by atoms with Crippen LogP contribution < -0.4 is 9.62 Å². The number of hydrogen-bond acceptors (Lipinski definition) is 5. The molecule has 0 radical (unpaired) electrons. The highest BCUT2D eigenvalue weighted by Gasteiger charge is 2.29. The quantitative estimate of drug-likeness (QED) is 0.458. The fourth-order valence-electron chi connectivity index (χ4n) is 4.09. The number of sulfonamides is 2. The van der Waals surface area contributed by atoms with Crippen molar-refractivity contribution in [3.05, 3.63) is 84.2 Å². The number of anilines is 2. The van der Waals surface area contributed by atoms with Crippen LogP contribution in [0.4, 0.5) is 15.8 Å². The van der Waals surface area contributed by atoms with Gasteiger partial charge in [-0.15, -0.1) is 0 Å². The SMILES string of the molecule is Cc1ccc(S(=O)(=O)N(CC(=O)Nc2ccc(S(=O)(=O)N3CCCCC3)cc2)c2ccccc2F)cc1. The van der Waals surface area contributed by atoms with Crippen molar-refractivity contribution in [1.82, 2.24) is 4.31 Å². The summed E-state index contributed by atoms with van der Waals surface area (Å²) in [5, 5.41) is 2.58. The third kappa shape index (κ3) is 6.00. The lowest BCUT2D eigenvalue weighted by Crippen LogP contribution is -2.38. The lowest BCUT2D eigenvalue weighted by Gasteiger charge is -2.26. The van der Waals surface area contributed by atoms with E-state index in [1.54, 1.807) is 12.1 Å². The molecule has 4 rings (SSSR count). The van der Waals surface area contributed by atoms with Gasteiger partial charge in [-0.25, -0.2) is 21.2 Å². The van der Waals surface area contributed by atoms with Crippen molar-refractivity contribution in [2.45, 2.75) is 36.0 Å². The van der Waals surface area contributed by atoms with Crippen molar-refractivity contribution in [3.8, 4) is 0 Å². The minimum atomic E-state index is -4.27. The van der Waals surface area contributed by atoms with Crippen LogP contribution in [0, 0.1) is 12.7 Å². The summed E-state index contributed by atoms with van der Waals surface area (Å²) < 4.78 is 69.3. The van der Waals surface area contributed by atoms with Crippen molar-refractivity contribution >= 4 is 37.3 Å². The van der Waals surface area contributed by atoms with E-state index in [4.69, 9.17) is 0 Å². The van der Waals surface area contributed by atoms with Crippen LogP contribution in [0.25, 0.3) is 0 Å². The number of nitrogens with zero attached hydrogens (tertiary/aromatic N) is 2. The summed E-state index contributed by atoms with van der Waals surface area (Å²) in [4.78, 5) is 12.9. The maximum Gasteiger partial charge on any atom is 0.264 e. The van der Waals surface area contributed by atoms with Gasteiger partial charge >= 0.3 is 0 Å². The minimum absolute atomic E-state index is 0.0820. The summed E-state index contributed by atoms with van der Waals surface area (Å²) in [6, 6.07) is 17.0. The van der Waals surface area contributed by atoms with E-state index in [1.807, 2.05) is 6.92 Å². The molecule has 1 amide bonds. The van der Waals surface area contributed by atoms with Crippen LogP contribution in [0.1, 0.15) is 24.8 Å². The molecule has 3 aromatic rings. The first-order chi connectivity index (χ1) is 17.6. The molecule has 1 fully saturated rings. The number of carbonyl (C=O) groups is 1. The van der Waals surface area contributed by atoms with Crippen LogP contribution >= 0.6 is 0 Å². The molecule has 0 unspecified atom stereocenters. The molecule has 0 spiro atoms. The molecule has 11 heteroatoms. The Kier molecular flexibility index (Phi) is 7.96. The standard InChI is InChI=1S/C26H28FN3O5S2/c1-20-9-13-23(14-10-20)37(34,35)30(25-8-4-3-7-24(25)27)19-26(31)28-21-11-15-22(16-12-21)36(32,33)29-17-5-2-6-18-29/h3-4,7-16H,2,5-6,17-19H2,1H3,(H,28,31). The molecule has 1 aliphatic heterocycles. The topological polar surface area (TPSA) is 104 Å². The average Bonchev–Trinajstić information content (AvgIpc) is 2.89. The number of carbonyl (C=O) groups excluding carboxylic acids is 1. The van der Waals surface area contributed by atoms with Crippen LogP contribution in [0.3, 0.4) is 0 Å². The van der Waals surface area contributed by atoms with Crippen molar-refractivity contribution in [2.75, 3.05) is 29.3 Å². The smallest absolute Gasteiger partial charge is 0.264 e. The number of amides is 1. The molecule has 37 heavy (non-hydrogen) atoms. The number of aryl methyl sites for hydroxylation is 1. The molecule has 0 saturated carbocycles. The molecule has 1 heterocycles. The second-order valence-corrected chi connectivity index (χ2v) is 12.6. The fourth-order valence-corrected chi connectivity index (χ4v) is 7.03. The maximum atomic E-state index is 14.6. The molecule has 0 aliphatic carbocycles. The van der Waals surface area contributed by atoms with Gasteiger partial charge in [0.2, 0.25) is 15.9 Å². The first-order valence-corrected chi connectivity index (χ1v) is 14.7. The van der Waals surface area contributed by atoms with Gasteiger partial charge in [-0.2, -0.15) is 4.31 Å². The zero-order valence-corrected chi connectivity index (χ0v) is 21.9. The molecule has 8 nitrogen and oxygen atoms in total. The second-order valence-electron chi connectivity index (χ2n) is 8.81. The summed E-state index contributed by atoms with van der Waals surface area (Å²) in [5.74, 6) is -1.51. The molecule has 0 aromatic heterocycles. The van der Waals surface area contributed by atoms with Gasteiger partial charge in [0.05, 0.1) is 15.5 Å². The third-order valence-corrected chi connectivity index (χ3v) is 9.80. The van der Waals surface area contributed by atoms with E-state index < -0.39 is 38.3 Å². The van der Waals surface area contributed by atoms with Crippen LogP contribution in [-0.4, -0.2) is 46.7 Å². The van der Waals surface area contributed by atoms with Crippen molar-refractivity contribution in [3.63, 3.8) is 0 Å². The lowest BCUT2D eigenvalue weighted by molar-refractivity contribution is -0.114. The molecule has 3 aromatic carbocycles. The second kappa shape index (κ2) is 11.0. The largest absolute Gasteiger partial charge is 0.325 e. The normalized spacial score (nSPS) is 14.8. The molecular formula is C26H28FN3O5S2. The molecule has 1 saturated heterocycles. The average molecular weight is 546 g/mol. The molecule has 0 atom stereocenters. The van der Waals surface area contributed by atoms with Gasteiger partial charge in [0.15, 0.2) is 0 Å². The van der Waals surface area contributed by atoms with Gasteiger partial charge < -0.3 is 5.32 Å². The van der Waals surface area contributed by atoms with Crippen LogP contribution in [0.2, 0.25) is 0 Å². The minimum Gasteiger partial charge on any atom is -0.325 e. The first kappa shape index (κ1) is 26.8. The van der Waals surface area contributed by atoms with Gasteiger partial charge in [-0.3, -0.25) is 9.10 Å². The molecule has 196 valence electrons.